The van der Waals surface area contributed by atoms with Crippen molar-refractivity contribution in [1.82, 2.24) is 9.97 Å². The van der Waals surface area contributed by atoms with Crippen LogP contribution in [0.1, 0.15) is 6.92 Å². The van der Waals surface area contributed by atoms with Crippen LogP contribution in [0.4, 0.5) is 0 Å². The number of allylic oxidation sites excluding steroid dienone is 3. The van der Waals surface area contributed by atoms with Crippen molar-refractivity contribution >= 4 is 0 Å². The van der Waals surface area contributed by atoms with Crippen LogP contribution in [0, 0.1) is 0 Å². The zero-order chi connectivity index (χ0) is 7.66. The molecule has 0 radical (unpaired) electrons. The number of aromatic nitrogens is 2. The van der Waals surface area contributed by atoms with Gasteiger partial charge < -0.3 is 4.98 Å². The minimum Gasteiger partial charge on any atom is -0.351 e. The Labute approximate surface area is 61.3 Å². The number of H-pyrrole nitrogens is 1. The van der Waals surface area contributed by atoms with Gasteiger partial charge >= 0.3 is 0 Å². The monoisotopic (exact) mass is 136 g/mol. The number of hydrogen-bond donors (Lipinski definition) is 1. The van der Waals surface area contributed by atoms with Crippen molar-refractivity contribution in [3.63, 3.8) is 0 Å². The standard InChI is InChI=1S/C5H8.C3H4N2/c1-3-5-4-2;1-2-5-3-4-1/h3-5H,1H2,2H3;1-3H,(H,4,5). The maximum atomic E-state index is 3.67. The van der Waals surface area contributed by atoms with Crippen LogP contribution in [0.25, 0.3) is 0 Å². The molecule has 1 heterocycles. The van der Waals surface area contributed by atoms with E-state index in [0.717, 1.165) is 0 Å². The van der Waals surface area contributed by atoms with Gasteiger partial charge in [-0.1, -0.05) is 24.8 Å². The molecule has 2 heteroatoms. The lowest BCUT2D eigenvalue weighted by Crippen LogP contribution is -1.44. The fourth-order valence-corrected chi connectivity index (χ4v) is 0.351. The summed E-state index contributed by atoms with van der Waals surface area (Å²) >= 11 is 0. The average molecular weight is 136 g/mol. The number of imidazole rings is 1. The Morgan fingerprint density at radius 2 is 2.40 bits per heavy atom. The van der Waals surface area contributed by atoms with Gasteiger partial charge in [0.25, 0.3) is 0 Å². The number of nitrogens with one attached hydrogen (secondary N) is 1. The predicted octanol–water partition coefficient (Wildman–Crippen LogP) is 2.16. The van der Waals surface area contributed by atoms with Gasteiger partial charge in [0.1, 0.15) is 0 Å². The smallest absolute Gasteiger partial charge is 0.0919 e. The van der Waals surface area contributed by atoms with E-state index in [1.54, 1.807) is 24.8 Å². The van der Waals surface area contributed by atoms with E-state index in [-0.39, 0.29) is 0 Å². The molecule has 0 spiro atoms. The molecule has 1 rings (SSSR count). The summed E-state index contributed by atoms with van der Waals surface area (Å²) in [5.41, 5.74) is 0. The highest BCUT2D eigenvalue weighted by atomic mass is 14.8. The predicted molar refractivity (Wildman–Crippen MR) is 43.6 cm³/mol. The Bertz CT molecular complexity index is 146. The Hall–Kier alpha value is -1.31. The molecule has 0 atom stereocenters. The first-order valence-corrected chi connectivity index (χ1v) is 3.08. The molecule has 1 aromatic rings. The highest BCUT2D eigenvalue weighted by Crippen LogP contribution is 1.64. The van der Waals surface area contributed by atoms with E-state index in [1.807, 2.05) is 19.1 Å². The number of aromatic amines is 1. The maximum absolute atomic E-state index is 3.67. The summed E-state index contributed by atoms with van der Waals surface area (Å²) in [7, 11) is 0. The Kier molecular flexibility index (Phi) is 6.68. The third-order valence-electron chi connectivity index (χ3n) is 0.734. The van der Waals surface area contributed by atoms with Gasteiger partial charge in [-0.2, -0.15) is 0 Å². The summed E-state index contributed by atoms with van der Waals surface area (Å²) < 4.78 is 0. The van der Waals surface area contributed by atoms with Gasteiger partial charge in [0.2, 0.25) is 0 Å². The Morgan fingerprint density at radius 1 is 1.60 bits per heavy atom. The largest absolute Gasteiger partial charge is 0.351 e. The summed E-state index contributed by atoms with van der Waals surface area (Å²) in [5, 5.41) is 0. The molecule has 0 unspecified atom stereocenters. The molecule has 0 saturated carbocycles. The van der Waals surface area contributed by atoms with E-state index in [2.05, 4.69) is 16.5 Å². The fourth-order valence-electron chi connectivity index (χ4n) is 0.351. The van der Waals surface area contributed by atoms with E-state index in [4.69, 9.17) is 0 Å². The highest BCUT2D eigenvalue weighted by molar-refractivity contribution is 4.94. The summed E-state index contributed by atoms with van der Waals surface area (Å²) in [5.74, 6) is 0. The number of hydrogen-bond acceptors (Lipinski definition) is 1. The van der Waals surface area contributed by atoms with Crippen LogP contribution in [0.3, 0.4) is 0 Å². The second kappa shape index (κ2) is 7.69. The fraction of sp³-hybridized carbons (Fsp3) is 0.125. The number of nitrogens with zero attached hydrogens (tertiary/aromatic N) is 1. The molecule has 2 nitrogen and oxygen atoms in total. The first-order valence-electron chi connectivity index (χ1n) is 3.08. The second-order valence-corrected chi connectivity index (χ2v) is 1.52. The van der Waals surface area contributed by atoms with Crippen LogP contribution in [0.15, 0.2) is 43.5 Å². The highest BCUT2D eigenvalue weighted by Gasteiger charge is 1.56. The van der Waals surface area contributed by atoms with Crippen LogP contribution >= 0.6 is 0 Å². The van der Waals surface area contributed by atoms with Gasteiger partial charge in [-0.05, 0) is 6.92 Å². The molecule has 0 bridgehead atoms. The molecule has 0 aliphatic carbocycles. The van der Waals surface area contributed by atoms with Crippen molar-refractivity contribution in [3.05, 3.63) is 43.5 Å². The molecule has 0 fully saturated rings. The SMILES string of the molecule is C=CC=CC.c1c[nH]cn1. The third kappa shape index (κ3) is 6.69. The van der Waals surface area contributed by atoms with Crippen molar-refractivity contribution in [2.75, 3.05) is 0 Å². The zero-order valence-corrected chi connectivity index (χ0v) is 6.12. The molecular formula is C8H12N2. The van der Waals surface area contributed by atoms with E-state index in [9.17, 15) is 0 Å². The van der Waals surface area contributed by atoms with E-state index in [1.165, 1.54) is 0 Å². The normalized spacial score (nSPS) is 8.50. The lowest BCUT2D eigenvalue weighted by molar-refractivity contribution is 1.31. The van der Waals surface area contributed by atoms with E-state index >= 15 is 0 Å². The first-order chi connectivity index (χ1) is 4.91. The summed E-state index contributed by atoms with van der Waals surface area (Å²) in [6.45, 7) is 5.42. The molecule has 0 aromatic carbocycles. The van der Waals surface area contributed by atoms with E-state index < -0.39 is 0 Å². The van der Waals surface area contributed by atoms with Crippen LogP contribution in [-0.4, -0.2) is 9.97 Å². The zero-order valence-electron chi connectivity index (χ0n) is 6.12. The van der Waals surface area contributed by atoms with Crippen molar-refractivity contribution < 1.29 is 0 Å². The molecular weight excluding hydrogens is 124 g/mol. The quantitative estimate of drug-likeness (QED) is 0.589. The van der Waals surface area contributed by atoms with Gasteiger partial charge in [-0.25, -0.2) is 4.98 Å². The molecule has 0 amide bonds. The van der Waals surface area contributed by atoms with Gasteiger partial charge in [0.15, 0.2) is 0 Å². The van der Waals surface area contributed by atoms with Crippen molar-refractivity contribution in [3.8, 4) is 0 Å². The number of rotatable bonds is 1. The third-order valence-corrected chi connectivity index (χ3v) is 0.734. The van der Waals surface area contributed by atoms with Crippen molar-refractivity contribution in [2.24, 2.45) is 0 Å². The molecule has 1 N–H and O–H groups in total. The first kappa shape index (κ1) is 8.69. The van der Waals surface area contributed by atoms with Gasteiger partial charge in [0, 0.05) is 12.4 Å². The van der Waals surface area contributed by atoms with Crippen LogP contribution in [0.2, 0.25) is 0 Å². The molecule has 0 aliphatic rings. The van der Waals surface area contributed by atoms with Crippen LogP contribution in [0.5, 0.6) is 0 Å². The summed E-state index contributed by atoms with van der Waals surface area (Å²) in [6.07, 6.45) is 10.7. The Morgan fingerprint density at radius 3 is 2.50 bits per heavy atom. The average Bonchev–Trinajstić information content (AvgIpc) is 2.44. The van der Waals surface area contributed by atoms with Gasteiger partial charge in [-0.15, -0.1) is 0 Å². The maximum Gasteiger partial charge on any atom is 0.0919 e. The Balaban J connectivity index is 0.000000162. The molecule has 0 aliphatic heterocycles. The van der Waals surface area contributed by atoms with E-state index in [0.29, 0.717) is 0 Å². The van der Waals surface area contributed by atoms with Gasteiger partial charge in [-0.3, -0.25) is 0 Å². The molecule has 10 heavy (non-hydrogen) atoms. The second-order valence-electron chi connectivity index (χ2n) is 1.52. The van der Waals surface area contributed by atoms with Crippen LogP contribution in [-0.2, 0) is 0 Å². The lowest BCUT2D eigenvalue weighted by atomic mass is 10.5. The minimum atomic E-state index is 1.62. The molecule has 54 valence electrons. The van der Waals surface area contributed by atoms with Crippen molar-refractivity contribution in [2.45, 2.75) is 6.92 Å². The molecule has 1 aromatic heterocycles. The van der Waals surface area contributed by atoms with Gasteiger partial charge in [0.05, 0.1) is 6.33 Å². The van der Waals surface area contributed by atoms with Crippen LogP contribution < -0.4 is 0 Å². The topological polar surface area (TPSA) is 28.7 Å². The van der Waals surface area contributed by atoms with Crippen molar-refractivity contribution in [1.29, 1.82) is 0 Å². The lowest BCUT2D eigenvalue weighted by Gasteiger charge is -1.56. The minimum absolute atomic E-state index is 1.62. The summed E-state index contributed by atoms with van der Waals surface area (Å²) in [6, 6.07) is 0. The molecule has 0 saturated heterocycles. The summed E-state index contributed by atoms with van der Waals surface area (Å²) in [4.78, 5) is 6.42.